The van der Waals surface area contributed by atoms with E-state index < -0.39 is 0 Å². The second-order valence-corrected chi connectivity index (χ2v) is 12.1. The number of carbonyl (C=O) groups is 1. The van der Waals surface area contributed by atoms with Crippen molar-refractivity contribution >= 4 is 28.4 Å². The van der Waals surface area contributed by atoms with Crippen molar-refractivity contribution < 1.29 is 9.53 Å². The van der Waals surface area contributed by atoms with Crippen molar-refractivity contribution in [3.05, 3.63) is 41.3 Å². The molecule has 0 bridgehead atoms. The summed E-state index contributed by atoms with van der Waals surface area (Å²) in [4.78, 5) is 33.4. The predicted molar refractivity (Wildman–Crippen MR) is 161 cm³/mol. The van der Waals surface area contributed by atoms with E-state index >= 15 is 0 Å². The van der Waals surface area contributed by atoms with Crippen LogP contribution in [0.1, 0.15) is 56.7 Å². The molecule has 218 valence electrons. The first-order chi connectivity index (χ1) is 19.7. The maximum Gasteiger partial charge on any atom is 0.224 e. The molecule has 1 amide bonds. The zero-order chi connectivity index (χ0) is 28.8. The predicted octanol–water partition coefficient (Wildman–Crippen LogP) is 4.16. The number of anilines is 1. The minimum atomic E-state index is 0.118. The first kappa shape index (κ1) is 27.7. The molecule has 2 aliphatic rings. The highest BCUT2D eigenvalue weighted by Crippen LogP contribution is 2.38. The molecule has 2 aliphatic heterocycles. The molecule has 2 saturated heterocycles. The number of H-pyrrole nitrogens is 1. The Kier molecular flexibility index (Phi) is 7.46. The third kappa shape index (κ3) is 5.08. The molecule has 0 aliphatic carbocycles. The number of nitrogens with one attached hydrogen (secondary N) is 1. The second kappa shape index (κ2) is 11.1. The van der Waals surface area contributed by atoms with E-state index in [0.717, 1.165) is 78.7 Å². The molecule has 4 aromatic rings. The molecule has 2 fully saturated rings. The fraction of sp³-hybridized carbons (Fsp3) is 0.548. The summed E-state index contributed by atoms with van der Waals surface area (Å²) >= 11 is 0. The number of aromatic nitrogens is 5. The molecule has 1 N–H and O–H groups in total. The number of aryl methyl sites for hydroxylation is 1. The zero-order valence-electron chi connectivity index (χ0n) is 25.1. The molecule has 4 aromatic heterocycles. The highest BCUT2D eigenvalue weighted by atomic mass is 16.5. The first-order valence-electron chi connectivity index (χ1n) is 14.9. The minimum Gasteiger partial charge on any atom is -0.379 e. The molecule has 0 radical (unpaired) electrons. The Labute approximate surface area is 241 Å². The van der Waals surface area contributed by atoms with Gasteiger partial charge in [0.15, 0.2) is 5.65 Å². The van der Waals surface area contributed by atoms with E-state index in [1.54, 1.807) is 6.33 Å². The number of carbonyl (C=O) groups excluding carboxylic acids is 1. The lowest BCUT2D eigenvalue weighted by atomic mass is 9.95. The summed E-state index contributed by atoms with van der Waals surface area (Å²) in [5, 5.41) is 4.41. The number of ether oxygens (including phenoxy) is 1. The summed E-state index contributed by atoms with van der Waals surface area (Å²) < 4.78 is 7.30. The standard InChI is InChI=1S/C31H42N8O2/c1-19(2)28-29(24-17-39-31(32-18-33-39)23(6)22(24)5)34-25-7-8-26(35-30(25)28)37-15-21(4)38(16-20(37)3)27(40)9-10-36-11-13-41-14-12-36/h7-8,17-21,34H,9-16H2,1-6H3/t20-,21+/m0/s1. The Morgan fingerprint density at radius 3 is 2.63 bits per heavy atom. The summed E-state index contributed by atoms with van der Waals surface area (Å²) in [6, 6.07) is 4.56. The topological polar surface area (TPSA) is 94.9 Å². The fourth-order valence-corrected chi connectivity index (χ4v) is 6.48. The van der Waals surface area contributed by atoms with E-state index in [4.69, 9.17) is 9.72 Å². The molecule has 6 heterocycles. The number of amides is 1. The van der Waals surface area contributed by atoms with Crippen LogP contribution in [0.25, 0.3) is 27.9 Å². The lowest BCUT2D eigenvalue weighted by molar-refractivity contribution is -0.134. The monoisotopic (exact) mass is 558 g/mol. The maximum absolute atomic E-state index is 13.2. The van der Waals surface area contributed by atoms with E-state index in [0.29, 0.717) is 13.0 Å². The highest BCUT2D eigenvalue weighted by molar-refractivity contribution is 5.90. The van der Waals surface area contributed by atoms with Crippen LogP contribution in [0, 0.1) is 13.8 Å². The first-order valence-corrected chi connectivity index (χ1v) is 14.9. The third-order valence-electron chi connectivity index (χ3n) is 8.98. The van der Waals surface area contributed by atoms with Crippen molar-refractivity contribution in [2.45, 2.75) is 66.0 Å². The average molecular weight is 559 g/mol. The van der Waals surface area contributed by atoms with Crippen LogP contribution in [0.15, 0.2) is 24.7 Å². The smallest absolute Gasteiger partial charge is 0.224 e. The van der Waals surface area contributed by atoms with Gasteiger partial charge in [-0.05, 0) is 56.9 Å². The van der Waals surface area contributed by atoms with Gasteiger partial charge in [0, 0.05) is 68.6 Å². The van der Waals surface area contributed by atoms with Gasteiger partial charge in [0.1, 0.15) is 12.1 Å². The minimum absolute atomic E-state index is 0.118. The second-order valence-electron chi connectivity index (χ2n) is 12.1. The van der Waals surface area contributed by atoms with E-state index in [1.807, 2.05) is 4.52 Å². The Hall–Kier alpha value is -3.50. The summed E-state index contributed by atoms with van der Waals surface area (Å²) in [5.41, 5.74) is 8.66. The van der Waals surface area contributed by atoms with Crippen LogP contribution in [-0.2, 0) is 9.53 Å². The summed E-state index contributed by atoms with van der Waals surface area (Å²) in [5.74, 6) is 1.47. The van der Waals surface area contributed by atoms with Gasteiger partial charge in [-0.15, -0.1) is 0 Å². The van der Waals surface area contributed by atoms with Crippen LogP contribution in [-0.4, -0.2) is 98.3 Å². The number of hydrogen-bond donors (Lipinski definition) is 1. The fourth-order valence-electron chi connectivity index (χ4n) is 6.48. The van der Waals surface area contributed by atoms with Gasteiger partial charge in [-0.2, -0.15) is 5.10 Å². The number of aromatic amines is 1. The Balaban J connectivity index is 1.27. The number of piperazine rings is 1. The average Bonchev–Trinajstić information content (AvgIpc) is 3.59. The van der Waals surface area contributed by atoms with Crippen molar-refractivity contribution in [3.8, 4) is 11.3 Å². The van der Waals surface area contributed by atoms with Crippen LogP contribution >= 0.6 is 0 Å². The molecule has 41 heavy (non-hydrogen) atoms. The van der Waals surface area contributed by atoms with Gasteiger partial charge in [0.05, 0.1) is 29.9 Å². The summed E-state index contributed by atoms with van der Waals surface area (Å²) in [6.07, 6.45) is 4.24. The number of fused-ring (bicyclic) bond motifs is 2. The molecule has 0 saturated carbocycles. The van der Waals surface area contributed by atoms with E-state index in [-0.39, 0.29) is 23.9 Å². The van der Waals surface area contributed by atoms with Crippen molar-refractivity contribution in [2.75, 3.05) is 50.8 Å². The Bertz CT molecular complexity index is 1570. The van der Waals surface area contributed by atoms with Gasteiger partial charge < -0.3 is 19.5 Å². The van der Waals surface area contributed by atoms with Crippen LogP contribution < -0.4 is 4.90 Å². The quantitative estimate of drug-likeness (QED) is 0.380. The zero-order valence-corrected chi connectivity index (χ0v) is 25.1. The Morgan fingerprint density at radius 1 is 1.10 bits per heavy atom. The van der Waals surface area contributed by atoms with Crippen LogP contribution in [0.4, 0.5) is 5.82 Å². The lowest BCUT2D eigenvalue weighted by Crippen LogP contribution is -2.58. The van der Waals surface area contributed by atoms with Crippen molar-refractivity contribution in [1.82, 2.24) is 34.4 Å². The van der Waals surface area contributed by atoms with E-state index in [1.165, 1.54) is 11.1 Å². The van der Waals surface area contributed by atoms with Crippen LogP contribution in [0.2, 0.25) is 0 Å². The van der Waals surface area contributed by atoms with Gasteiger partial charge >= 0.3 is 0 Å². The van der Waals surface area contributed by atoms with Gasteiger partial charge in [-0.25, -0.2) is 14.5 Å². The molecular weight excluding hydrogens is 516 g/mol. The number of nitrogens with zero attached hydrogens (tertiary/aromatic N) is 7. The van der Waals surface area contributed by atoms with Crippen LogP contribution in [0.3, 0.4) is 0 Å². The molecule has 10 heteroatoms. The molecule has 0 unspecified atom stereocenters. The van der Waals surface area contributed by atoms with Crippen molar-refractivity contribution in [2.24, 2.45) is 0 Å². The highest BCUT2D eigenvalue weighted by Gasteiger charge is 2.33. The molecule has 10 nitrogen and oxygen atoms in total. The Morgan fingerprint density at radius 2 is 1.88 bits per heavy atom. The third-order valence-corrected chi connectivity index (χ3v) is 8.98. The molecule has 2 atom stereocenters. The number of pyridine rings is 2. The van der Waals surface area contributed by atoms with Crippen molar-refractivity contribution in [1.29, 1.82) is 0 Å². The SMILES string of the molecule is Cc1c(-c2[nH]c3ccc(N4C[C@@H](C)N(C(=O)CCN5CCOCC5)C[C@@H]4C)nc3c2C(C)C)cn2ncnc2c1C. The van der Waals surface area contributed by atoms with Gasteiger partial charge in [-0.3, -0.25) is 9.69 Å². The van der Waals surface area contributed by atoms with E-state index in [9.17, 15) is 4.79 Å². The van der Waals surface area contributed by atoms with Crippen molar-refractivity contribution in [3.63, 3.8) is 0 Å². The van der Waals surface area contributed by atoms with Crippen LogP contribution in [0.5, 0.6) is 0 Å². The molecule has 6 rings (SSSR count). The number of rotatable bonds is 6. The largest absolute Gasteiger partial charge is 0.379 e. The van der Waals surface area contributed by atoms with E-state index in [2.05, 4.69) is 89.6 Å². The van der Waals surface area contributed by atoms with Gasteiger partial charge in [0.2, 0.25) is 5.91 Å². The normalized spacial score (nSPS) is 20.6. The maximum atomic E-state index is 13.2. The lowest BCUT2D eigenvalue weighted by Gasteiger charge is -2.45. The molecule has 0 aromatic carbocycles. The molecular formula is C31H42N8O2. The summed E-state index contributed by atoms with van der Waals surface area (Å²) in [6.45, 7) is 18.7. The van der Waals surface area contributed by atoms with Gasteiger partial charge in [-0.1, -0.05) is 13.8 Å². The molecule has 0 spiro atoms. The number of morpholine rings is 1. The van der Waals surface area contributed by atoms with Gasteiger partial charge in [0.25, 0.3) is 0 Å². The number of hydrogen-bond acceptors (Lipinski definition) is 7. The summed E-state index contributed by atoms with van der Waals surface area (Å²) in [7, 11) is 0.